The van der Waals surface area contributed by atoms with E-state index in [1.807, 2.05) is 49.2 Å². The summed E-state index contributed by atoms with van der Waals surface area (Å²) in [5.41, 5.74) is 4.35. The predicted octanol–water partition coefficient (Wildman–Crippen LogP) is 6.98. The third-order valence-corrected chi connectivity index (χ3v) is 15.5. The van der Waals surface area contributed by atoms with E-state index in [9.17, 15) is 32.4 Å². The predicted molar refractivity (Wildman–Crippen MR) is 277 cm³/mol. The van der Waals surface area contributed by atoms with Gasteiger partial charge in [-0.05, 0) is 91.4 Å². The van der Waals surface area contributed by atoms with Gasteiger partial charge in [0.05, 0.1) is 50.4 Å². The van der Waals surface area contributed by atoms with E-state index in [-0.39, 0.29) is 46.0 Å². The zero-order chi connectivity index (χ0) is 50.9. The van der Waals surface area contributed by atoms with Gasteiger partial charge in [0.15, 0.2) is 5.82 Å². The number of carbonyl (C=O) groups is 5. The summed E-state index contributed by atoms with van der Waals surface area (Å²) in [7, 11) is -3.72. The molecule has 71 heavy (non-hydrogen) atoms. The number of imide groups is 2. The summed E-state index contributed by atoms with van der Waals surface area (Å²) in [5, 5.41) is 8.45. The first-order valence-electron chi connectivity index (χ1n) is 23.6. The van der Waals surface area contributed by atoms with Crippen molar-refractivity contribution in [1.82, 2.24) is 35.4 Å². The van der Waals surface area contributed by atoms with E-state index in [1.165, 1.54) is 23.0 Å². The van der Waals surface area contributed by atoms with Crippen molar-refractivity contribution in [3.05, 3.63) is 100 Å². The first kappa shape index (κ1) is 52.5. The summed E-state index contributed by atoms with van der Waals surface area (Å²) in [6, 6.07) is 19.9. The van der Waals surface area contributed by atoms with Gasteiger partial charge in [0.1, 0.15) is 0 Å². The number of halogens is 1. The molecule has 0 aliphatic carbocycles. The molecule has 5 heterocycles. The molecule has 0 radical (unpaired) electrons. The Labute approximate surface area is 422 Å². The lowest BCUT2D eigenvalue weighted by molar-refractivity contribution is -0.133. The fourth-order valence-electron chi connectivity index (χ4n) is 8.44. The quantitative estimate of drug-likeness (QED) is 0.0384. The molecular weight excluding hydrogens is 968 g/mol. The number of piperidine rings is 1. The average molecular weight is 1030 g/mol. The minimum Gasteiger partial charge on any atom is -0.369 e. The van der Waals surface area contributed by atoms with Gasteiger partial charge in [-0.2, -0.15) is 12.6 Å². The third-order valence-electron chi connectivity index (χ3n) is 12.2. The van der Waals surface area contributed by atoms with Gasteiger partial charge in [-0.15, -0.1) is 11.3 Å². The van der Waals surface area contributed by atoms with Crippen LogP contribution in [0.4, 0.5) is 27.4 Å². The fraction of sp³-hybridized carbons (Fsp3) is 0.400. The molecule has 21 heteroatoms. The molecule has 17 nitrogen and oxygen atoms in total. The molecule has 8 rings (SSSR count). The van der Waals surface area contributed by atoms with Gasteiger partial charge in [0, 0.05) is 74.2 Å². The van der Waals surface area contributed by atoms with Crippen LogP contribution in [0.15, 0.2) is 72.9 Å². The molecule has 2 aromatic heterocycles. The van der Waals surface area contributed by atoms with Crippen molar-refractivity contribution < 1.29 is 36.8 Å². The van der Waals surface area contributed by atoms with Crippen LogP contribution in [0.25, 0.3) is 21.8 Å². The van der Waals surface area contributed by atoms with Crippen molar-refractivity contribution in [2.24, 2.45) is 0 Å². The van der Waals surface area contributed by atoms with Crippen LogP contribution < -0.4 is 25.6 Å². The highest BCUT2D eigenvalue weighted by Gasteiger charge is 2.31. The number of sulfonamides is 1. The maximum absolute atomic E-state index is 16.1. The standard InChI is InChI=1S/C45H50FN9O5S2.C5H9NO2S/c1-5-25-62(59,60)52-35-8-6-7-33(38(35)46)39-40(61-43(50-39)45(2,3)4)36-15-18-47-44(49-36)48-30-11-9-28(10-12-30)29-16-19-55(20-17-29)37(56)27-53-21-23-54(24-22-53)31-13-14-32-34(26-31)42(58)51-41(32)57;7-4-6-5(8)2-1-3-9/h6-15,18,26,29,52H,5,16-17,19-25,27H2,1-4H3,(H,47,48,49)(H,51,57,58);4,9H,1-3H2,(H,6,7,8). The number of hydrogen-bond donors (Lipinski definition) is 5. The van der Waals surface area contributed by atoms with Crippen molar-refractivity contribution in [1.29, 1.82) is 0 Å². The summed E-state index contributed by atoms with van der Waals surface area (Å²) in [5.74, 6) is -0.289. The number of hydrogen-bond acceptors (Lipinski definition) is 15. The highest BCUT2D eigenvalue weighted by Crippen LogP contribution is 2.42. The lowest BCUT2D eigenvalue weighted by Crippen LogP contribution is -2.51. The van der Waals surface area contributed by atoms with Gasteiger partial charge in [-0.1, -0.05) is 45.9 Å². The molecule has 5 aromatic rings. The molecule has 2 saturated heterocycles. The minimum absolute atomic E-state index is 0.120. The van der Waals surface area contributed by atoms with Gasteiger partial charge in [-0.3, -0.25) is 44.2 Å². The largest absolute Gasteiger partial charge is 0.369 e. The van der Waals surface area contributed by atoms with Crippen LogP contribution in [0, 0.1) is 5.82 Å². The van der Waals surface area contributed by atoms with Crippen molar-refractivity contribution in [2.45, 2.75) is 71.1 Å². The number of nitrogens with zero attached hydrogens (tertiary/aromatic N) is 6. The summed E-state index contributed by atoms with van der Waals surface area (Å²) in [6.07, 6.45) is 5.26. The summed E-state index contributed by atoms with van der Waals surface area (Å²) in [4.78, 5) is 78.6. The number of nitrogens with one attached hydrogen (secondary N) is 4. The number of thiazole rings is 1. The number of anilines is 4. The number of aromatic nitrogens is 3. The molecule has 0 atom stereocenters. The normalized spacial score (nSPS) is 15.4. The van der Waals surface area contributed by atoms with Crippen molar-refractivity contribution in [3.8, 4) is 21.8 Å². The van der Waals surface area contributed by atoms with E-state index in [4.69, 9.17) is 9.97 Å². The maximum Gasteiger partial charge on any atom is 0.259 e. The summed E-state index contributed by atoms with van der Waals surface area (Å²) >= 11 is 5.31. The van der Waals surface area contributed by atoms with Gasteiger partial charge in [0.2, 0.25) is 34.2 Å². The Morgan fingerprint density at radius 3 is 2.32 bits per heavy atom. The average Bonchev–Trinajstić information content (AvgIpc) is 3.93. The van der Waals surface area contributed by atoms with Crippen LogP contribution in [-0.2, 0) is 29.8 Å². The molecular formula is C50H59FN10O7S3. The Kier molecular flexibility index (Phi) is 17.2. The molecule has 4 N–H and O–H groups in total. The van der Waals surface area contributed by atoms with E-state index >= 15 is 4.39 Å². The minimum atomic E-state index is -3.72. The van der Waals surface area contributed by atoms with E-state index in [1.54, 1.807) is 43.5 Å². The Balaban J connectivity index is 0.000000750. The number of carbonyl (C=O) groups excluding carboxylic acids is 5. The van der Waals surface area contributed by atoms with Gasteiger partial charge < -0.3 is 15.1 Å². The van der Waals surface area contributed by atoms with Crippen LogP contribution in [0.2, 0.25) is 0 Å². The smallest absolute Gasteiger partial charge is 0.259 e. The highest BCUT2D eigenvalue weighted by molar-refractivity contribution is 7.92. The molecule has 3 aromatic carbocycles. The molecule has 5 amide bonds. The molecule has 0 bridgehead atoms. The summed E-state index contributed by atoms with van der Waals surface area (Å²) in [6.45, 7) is 12.5. The van der Waals surface area contributed by atoms with Crippen LogP contribution in [0.1, 0.15) is 97.0 Å². The number of amides is 5. The molecule has 376 valence electrons. The molecule has 0 saturated carbocycles. The zero-order valence-corrected chi connectivity index (χ0v) is 42.7. The second-order valence-corrected chi connectivity index (χ2v) is 21.8. The molecule has 0 spiro atoms. The van der Waals surface area contributed by atoms with Crippen LogP contribution in [0.5, 0.6) is 0 Å². The van der Waals surface area contributed by atoms with Crippen LogP contribution >= 0.6 is 24.0 Å². The first-order valence-corrected chi connectivity index (χ1v) is 26.7. The molecule has 3 aliphatic rings. The number of fused-ring (bicyclic) bond motifs is 1. The Morgan fingerprint density at radius 1 is 0.930 bits per heavy atom. The lowest BCUT2D eigenvalue weighted by atomic mass is 9.89. The molecule has 0 unspecified atom stereocenters. The number of benzene rings is 3. The van der Waals surface area contributed by atoms with Gasteiger partial charge >= 0.3 is 0 Å². The monoisotopic (exact) mass is 1030 g/mol. The molecule has 3 aliphatic heterocycles. The Bertz CT molecular complexity index is 2860. The van der Waals surface area contributed by atoms with Crippen LogP contribution in [0.3, 0.4) is 0 Å². The van der Waals surface area contributed by atoms with E-state index < -0.39 is 15.8 Å². The SMILES string of the molecule is CCCS(=O)(=O)Nc1cccc(-c2nc(C(C)(C)C)sc2-c2ccnc(Nc3ccc(C4CCN(C(=O)CN5CCN(c6ccc7c(c6)C(=O)NC7=O)CC5)CC4)cc3)n2)c1F.O=CNC(=O)CCCS. The van der Waals surface area contributed by atoms with Crippen molar-refractivity contribution >= 4 is 87.0 Å². The van der Waals surface area contributed by atoms with Crippen molar-refractivity contribution in [2.75, 3.05) is 72.3 Å². The van der Waals surface area contributed by atoms with Crippen LogP contribution in [-0.4, -0.2) is 121 Å². The van der Waals surface area contributed by atoms with E-state index in [0.29, 0.717) is 90.3 Å². The second kappa shape index (κ2) is 23.3. The van der Waals surface area contributed by atoms with E-state index in [2.05, 4.69) is 54.9 Å². The van der Waals surface area contributed by atoms with Crippen molar-refractivity contribution in [3.63, 3.8) is 0 Å². The highest BCUT2D eigenvalue weighted by atomic mass is 32.2. The summed E-state index contributed by atoms with van der Waals surface area (Å²) < 4.78 is 43.5. The fourth-order valence-corrected chi connectivity index (χ4v) is 10.8. The number of rotatable bonds is 16. The van der Waals surface area contributed by atoms with Gasteiger partial charge in [-0.25, -0.2) is 27.8 Å². The topological polar surface area (TPSA) is 216 Å². The first-order chi connectivity index (χ1) is 34.0. The maximum atomic E-state index is 16.1. The number of piperazine rings is 1. The lowest BCUT2D eigenvalue weighted by Gasteiger charge is -2.38. The van der Waals surface area contributed by atoms with Gasteiger partial charge in [0.25, 0.3) is 11.8 Å². The second-order valence-electron chi connectivity index (χ2n) is 18.5. The zero-order valence-electron chi connectivity index (χ0n) is 40.2. The number of likely N-dealkylation sites (tertiary alicyclic amines) is 1. The van der Waals surface area contributed by atoms with E-state index in [0.717, 1.165) is 55.4 Å². The third kappa shape index (κ3) is 13.4. The molecule has 2 fully saturated rings. The Hall–Kier alpha value is -6.29. The number of thiol groups is 1. The Morgan fingerprint density at radius 2 is 1.65 bits per heavy atom.